The molecule has 1 saturated heterocycles. The Labute approximate surface area is 117 Å². The van der Waals surface area contributed by atoms with Crippen LogP contribution in [0.15, 0.2) is 18.3 Å². The van der Waals surface area contributed by atoms with Gasteiger partial charge >= 0.3 is 6.18 Å². The van der Waals surface area contributed by atoms with Gasteiger partial charge in [0.2, 0.25) is 0 Å². The van der Waals surface area contributed by atoms with Gasteiger partial charge in [0, 0.05) is 25.3 Å². The van der Waals surface area contributed by atoms with Gasteiger partial charge in [-0.2, -0.15) is 13.2 Å². The quantitative estimate of drug-likeness (QED) is 0.922. The number of pyridine rings is 1. The van der Waals surface area contributed by atoms with E-state index in [1.165, 1.54) is 6.07 Å². The summed E-state index contributed by atoms with van der Waals surface area (Å²) in [5.41, 5.74) is -0.695. The highest BCUT2D eigenvalue weighted by Gasteiger charge is 2.31. The molecule has 1 N–H and O–H groups in total. The molecule has 1 unspecified atom stereocenters. The van der Waals surface area contributed by atoms with Crippen LogP contribution in [0.5, 0.6) is 0 Å². The van der Waals surface area contributed by atoms with E-state index in [4.69, 9.17) is 0 Å². The number of hydrogen-bond donors (Lipinski definition) is 1. The number of nitrogens with one attached hydrogen (secondary N) is 1. The summed E-state index contributed by atoms with van der Waals surface area (Å²) in [7, 11) is 0. The lowest BCUT2D eigenvalue weighted by molar-refractivity contribution is -0.137. The zero-order valence-electron chi connectivity index (χ0n) is 11.6. The maximum absolute atomic E-state index is 12.6. The highest BCUT2D eigenvalue weighted by atomic mass is 19.4. The molecule has 112 valence electrons. The number of anilines is 1. The van der Waals surface area contributed by atoms with Gasteiger partial charge in [-0.15, -0.1) is 0 Å². The second kappa shape index (κ2) is 6.43. The summed E-state index contributed by atoms with van der Waals surface area (Å²) in [6.45, 7) is 4.75. The third-order valence-corrected chi connectivity index (χ3v) is 3.55. The van der Waals surface area contributed by atoms with Crippen LogP contribution < -0.4 is 10.2 Å². The first-order valence-corrected chi connectivity index (χ1v) is 7.03. The lowest BCUT2D eigenvalue weighted by Crippen LogP contribution is -2.46. The molecular formula is C14H20F3N3. The van der Waals surface area contributed by atoms with Gasteiger partial charge in [-0.3, -0.25) is 0 Å². The summed E-state index contributed by atoms with van der Waals surface area (Å²) in [5, 5.41) is 3.33. The Morgan fingerprint density at radius 1 is 1.40 bits per heavy atom. The molecule has 0 aliphatic carbocycles. The van der Waals surface area contributed by atoms with Crippen LogP contribution in [0.4, 0.5) is 19.0 Å². The Hall–Kier alpha value is -1.30. The average molecular weight is 287 g/mol. The first-order valence-electron chi connectivity index (χ1n) is 7.03. The fourth-order valence-electron chi connectivity index (χ4n) is 2.55. The van der Waals surface area contributed by atoms with Gasteiger partial charge in [-0.1, -0.05) is 6.92 Å². The second-order valence-corrected chi connectivity index (χ2v) is 5.10. The molecule has 0 saturated carbocycles. The Bertz CT molecular complexity index is 411. The van der Waals surface area contributed by atoms with E-state index in [1.807, 2.05) is 0 Å². The molecule has 0 radical (unpaired) electrons. The third-order valence-electron chi connectivity index (χ3n) is 3.55. The average Bonchev–Trinajstić information content (AvgIpc) is 2.45. The van der Waals surface area contributed by atoms with Crippen molar-refractivity contribution in [2.45, 2.75) is 38.4 Å². The van der Waals surface area contributed by atoms with Gasteiger partial charge in [0.05, 0.1) is 5.56 Å². The van der Waals surface area contributed by atoms with Crippen molar-refractivity contribution in [1.29, 1.82) is 0 Å². The van der Waals surface area contributed by atoms with Crippen molar-refractivity contribution in [2.75, 3.05) is 24.5 Å². The summed E-state index contributed by atoms with van der Waals surface area (Å²) in [6.07, 6.45) is -0.317. The zero-order chi connectivity index (χ0) is 14.6. The molecule has 6 heteroatoms. The maximum Gasteiger partial charge on any atom is 0.417 e. The SMILES string of the molecule is CCCN(c1ccc(C(F)(F)F)cn1)C1CCCNC1. The Kier molecular flexibility index (Phi) is 4.86. The molecule has 3 nitrogen and oxygen atoms in total. The predicted octanol–water partition coefficient (Wildman–Crippen LogP) is 3.07. The minimum absolute atomic E-state index is 0.313. The van der Waals surface area contributed by atoms with Gasteiger partial charge < -0.3 is 10.2 Å². The van der Waals surface area contributed by atoms with Crippen LogP contribution >= 0.6 is 0 Å². The highest BCUT2D eigenvalue weighted by molar-refractivity contribution is 5.41. The van der Waals surface area contributed by atoms with E-state index < -0.39 is 11.7 Å². The number of alkyl halides is 3. The largest absolute Gasteiger partial charge is 0.417 e. The third kappa shape index (κ3) is 3.62. The van der Waals surface area contributed by atoms with E-state index in [9.17, 15) is 13.2 Å². The molecule has 0 aromatic carbocycles. The summed E-state index contributed by atoms with van der Waals surface area (Å²) in [6, 6.07) is 2.90. The lowest BCUT2D eigenvalue weighted by Gasteiger charge is -2.35. The van der Waals surface area contributed by atoms with E-state index in [1.54, 1.807) is 0 Å². The molecule has 1 aromatic heterocycles. The van der Waals surface area contributed by atoms with Crippen LogP contribution in [0.3, 0.4) is 0 Å². The predicted molar refractivity (Wildman–Crippen MR) is 72.8 cm³/mol. The number of nitrogens with zero attached hydrogens (tertiary/aromatic N) is 2. The molecule has 0 spiro atoms. The van der Waals surface area contributed by atoms with Crippen LogP contribution in [-0.4, -0.2) is 30.7 Å². The lowest BCUT2D eigenvalue weighted by atomic mass is 10.1. The van der Waals surface area contributed by atoms with Gasteiger partial charge in [0.1, 0.15) is 5.82 Å². The van der Waals surface area contributed by atoms with E-state index >= 15 is 0 Å². The Morgan fingerprint density at radius 2 is 2.20 bits per heavy atom. The number of rotatable bonds is 4. The molecule has 1 aliphatic rings. The van der Waals surface area contributed by atoms with Crippen molar-refractivity contribution in [3.05, 3.63) is 23.9 Å². The van der Waals surface area contributed by atoms with Crippen LogP contribution in [0.25, 0.3) is 0 Å². The number of hydrogen-bond acceptors (Lipinski definition) is 3. The molecule has 1 fully saturated rings. The van der Waals surface area contributed by atoms with Crippen molar-refractivity contribution in [2.24, 2.45) is 0 Å². The number of aromatic nitrogens is 1. The second-order valence-electron chi connectivity index (χ2n) is 5.10. The molecule has 2 rings (SSSR count). The van der Waals surface area contributed by atoms with Gasteiger partial charge in [-0.25, -0.2) is 4.98 Å². The van der Waals surface area contributed by atoms with Crippen molar-refractivity contribution >= 4 is 5.82 Å². The van der Waals surface area contributed by atoms with Crippen LogP contribution in [-0.2, 0) is 6.18 Å². The highest BCUT2D eigenvalue weighted by Crippen LogP contribution is 2.30. The first kappa shape index (κ1) is 15.1. The Balaban J connectivity index is 2.16. The van der Waals surface area contributed by atoms with Crippen LogP contribution in [0.1, 0.15) is 31.7 Å². The zero-order valence-corrected chi connectivity index (χ0v) is 11.6. The topological polar surface area (TPSA) is 28.2 Å². The standard InChI is InChI=1S/C14H20F3N3/c1-2-8-20(12-4-3-7-18-10-12)13-6-5-11(9-19-13)14(15,16)17/h5-6,9,12,18H,2-4,7-8,10H2,1H3. The smallest absolute Gasteiger partial charge is 0.352 e. The van der Waals surface area contributed by atoms with Gasteiger partial charge in [0.25, 0.3) is 0 Å². The fourth-order valence-corrected chi connectivity index (χ4v) is 2.55. The number of halogens is 3. The molecule has 1 aromatic rings. The Morgan fingerprint density at radius 3 is 2.70 bits per heavy atom. The molecule has 2 heterocycles. The molecule has 20 heavy (non-hydrogen) atoms. The van der Waals surface area contributed by atoms with Crippen molar-refractivity contribution in [3.8, 4) is 0 Å². The van der Waals surface area contributed by atoms with Crippen LogP contribution in [0.2, 0.25) is 0 Å². The fraction of sp³-hybridized carbons (Fsp3) is 0.643. The first-order chi connectivity index (χ1) is 9.52. The molecule has 1 aliphatic heterocycles. The van der Waals surface area contributed by atoms with Crippen LogP contribution in [0, 0.1) is 0 Å². The van der Waals surface area contributed by atoms with E-state index in [2.05, 4.69) is 22.1 Å². The monoisotopic (exact) mass is 287 g/mol. The number of piperidine rings is 1. The van der Waals surface area contributed by atoms with E-state index in [0.717, 1.165) is 51.2 Å². The van der Waals surface area contributed by atoms with Crippen molar-refractivity contribution in [1.82, 2.24) is 10.3 Å². The minimum atomic E-state index is -4.33. The van der Waals surface area contributed by atoms with Gasteiger partial charge in [-0.05, 0) is 37.9 Å². The summed E-state index contributed by atoms with van der Waals surface area (Å²) in [5.74, 6) is 0.633. The summed E-state index contributed by atoms with van der Waals surface area (Å²) in [4.78, 5) is 6.13. The van der Waals surface area contributed by atoms with Gasteiger partial charge in [0.15, 0.2) is 0 Å². The molecule has 0 amide bonds. The van der Waals surface area contributed by atoms with Crippen molar-refractivity contribution < 1.29 is 13.2 Å². The summed E-state index contributed by atoms with van der Waals surface area (Å²) >= 11 is 0. The van der Waals surface area contributed by atoms with Crippen molar-refractivity contribution in [3.63, 3.8) is 0 Å². The summed E-state index contributed by atoms with van der Waals surface area (Å²) < 4.78 is 37.7. The normalized spacial score (nSPS) is 19.9. The molecular weight excluding hydrogens is 267 g/mol. The molecule has 0 bridgehead atoms. The minimum Gasteiger partial charge on any atom is -0.352 e. The molecule has 1 atom stereocenters. The van der Waals surface area contributed by atoms with E-state index in [-0.39, 0.29) is 0 Å². The van der Waals surface area contributed by atoms with E-state index in [0.29, 0.717) is 11.9 Å². The maximum atomic E-state index is 12.6.